The van der Waals surface area contributed by atoms with E-state index in [4.69, 9.17) is 4.52 Å². The highest BCUT2D eigenvalue weighted by molar-refractivity contribution is 7.89. The van der Waals surface area contributed by atoms with Crippen LogP contribution in [0.4, 0.5) is 0 Å². The molecule has 0 unspecified atom stereocenters. The third-order valence-corrected chi connectivity index (χ3v) is 5.00. The molecular weight excluding hydrogens is 282 g/mol. The molecule has 0 amide bonds. The molecule has 0 radical (unpaired) electrons. The van der Waals surface area contributed by atoms with Gasteiger partial charge in [0.05, 0.1) is 17.9 Å². The minimum atomic E-state index is -3.13. The molecule has 1 fully saturated rings. The molecule has 1 aliphatic rings. The van der Waals surface area contributed by atoms with E-state index in [-0.39, 0.29) is 11.7 Å². The first kappa shape index (κ1) is 13.1. The van der Waals surface area contributed by atoms with Crippen LogP contribution in [0, 0.1) is 0 Å². The Labute approximate surface area is 115 Å². The van der Waals surface area contributed by atoms with Crippen LogP contribution in [0.5, 0.6) is 0 Å². The summed E-state index contributed by atoms with van der Waals surface area (Å²) in [4.78, 5) is 12.3. The van der Waals surface area contributed by atoms with Gasteiger partial charge in [0.1, 0.15) is 5.69 Å². The Hall–Kier alpha value is -1.87. The van der Waals surface area contributed by atoms with Crippen molar-refractivity contribution in [2.75, 3.05) is 18.8 Å². The summed E-state index contributed by atoms with van der Waals surface area (Å²) in [5, 5.41) is 3.84. The van der Waals surface area contributed by atoms with E-state index in [1.807, 2.05) is 0 Å². The van der Waals surface area contributed by atoms with E-state index in [0.29, 0.717) is 30.5 Å². The van der Waals surface area contributed by atoms with E-state index >= 15 is 0 Å². The number of aromatic nitrogens is 4. The summed E-state index contributed by atoms with van der Waals surface area (Å²) < 4.78 is 29.8. The second-order valence-corrected chi connectivity index (χ2v) is 6.72. The number of rotatable bonds is 4. The topological polar surface area (TPSA) is 102 Å². The van der Waals surface area contributed by atoms with Crippen LogP contribution in [0.25, 0.3) is 11.5 Å². The molecule has 20 heavy (non-hydrogen) atoms. The molecule has 0 aliphatic carbocycles. The van der Waals surface area contributed by atoms with E-state index in [0.717, 1.165) is 0 Å². The van der Waals surface area contributed by atoms with Gasteiger partial charge in [0.25, 0.3) is 0 Å². The zero-order valence-electron chi connectivity index (χ0n) is 10.8. The lowest BCUT2D eigenvalue weighted by molar-refractivity contribution is 0.217. The average molecular weight is 295 g/mol. The number of hydrogen-bond acceptors (Lipinski definition) is 7. The molecule has 0 saturated carbocycles. The molecule has 0 atom stereocenters. The summed E-state index contributed by atoms with van der Waals surface area (Å²) in [6.07, 6.45) is 4.65. The van der Waals surface area contributed by atoms with Gasteiger partial charge in [-0.25, -0.2) is 17.7 Å². The Balaban J connectivity index is 1.71. The molecule has 3 rings (SSSR count). The molecular formula is C11H13N5O3S. The first-order valence-electron chi connectivity index (χ1n) is 6.18. The predicted octanol–water partition coefficient (Wildman–Crippen LogP) is 0.276. The lowest BCUT2D eigenvalue weighted by Crippen LogP contribution is -2.49. The summed E-state index contributed by atoms with van der Waals surface area (Å²) in [7, 11) is -3.13. The Morgan fingerprint density at radius 2 is 2.20 bits per heavy atom. The van der Waals surface area contributed by atoms with Gasteiger partial charge in [-0.05, 0) is 6.92 Å². The van der Waals surface area contributed by atoms with Crippen molar-refractivity contribution in [2.24, 2.45) is 0 Å². The predicted molar refractivity (Wildman–Crippen MR) is 69.1 cm³/mol. The van der Waals surface area contributed by atoms with Crippen molar-refractivity contribution < 1.29 is 12.9 Å². The lowest BCUT2D eigenvalue weighted by atomic mass is 10.0. The van der Waals surface area contributed by atoms with Crippen LogP contribution in [-0.2, 0) is 10.0 Å². The maximum Gasteiger partial charge on any atom is 0.232 e. The maximum atomic E-state index is 11.6. The van der Waals surface area contributed by atoms with Gasteiger partial charge in [0.15, 0.2) is 0 Å². The van der Waals surface area contributed by atoms with Gasteiger partial charge in [-0.1, -0.05) is 5.16 Å². The van der Waals surface area contributed by atoms with Crippen LogP contribution < -0.4 is 0 Å². The monoisotopic (exact) mass is 295 g/mol. The summed E-state index contributed by atoms with van der Waals surface area (Å²) in [5.41, 5.74) is 0.528. The van der Waals surface area contributed by atoms with E-state index in [1.54, 1.807) is 25.5 Å². The van der Waals surface area contributed by atoms with Crippen molar-refractivity contribution in [2.45, 2.75) is 12.8 Å². The molecule has 3 heterocycles. The van der Waals surface area contributed by atoms with Gasteiger partial charge >= 0.3 is 0 Å². The fourth-order valence-electron chi connectivity index (χ4n) is 1.92. The fourth-order valence-corrected chi connectivity index (χ4v) is 3.10. The average Bonchev–Trinajstić information content (AvgIpc) is 2.87. The van der Waals surface area contributed by atoms with Gasteiger partial charge in [0.2, 0.25) is 21.7 Å². The molecule has 0 aromatic carbocycles. The van der Waals surface area contributed by atoms with Crippen LogP contribution in [0.1, 0.15) is 18.7 Å². The summed E-state index contributed by atoms with van der Waals surface area (Å²) in [5.74, 6) is 0.862. The lowest BCUT2D eigenvalue weighted by Gasteiger charge is -2.35. The largest absolute Gasteiger partial charge is 0.339 e. The highest BCUT2D eigenvalue weighted by Gasteiger charge is 2.38. The molecule has 1 aliphatic heterocycles. The van der Waals surface area contributed by atoms with Crippen molar-refractivity contribution in [3.63, 3.8) is 0 Å². The van der Waals surface area contributed by atoms with E-state index in [2.05, 4.69) is 20.1 Å². The van der Waals surface area contributed by atoms with E-state index in [1.165, 1.54) is 4.31 Å². The molecule has 9 heteroatoms. The summed E-state index contributed by atoms with van der Waals surface area (Å²) >= 11 is 0. The van der Waals surface area contributed by atoms with Crippen molar-refractivity contribution in [3.05, 3.63) is 24.5 Å². The Morgan fingerprint density at radius 3 is 2.85 bits per heavy atom. The highest BCUT2D eigenvalue weighted by Crippen LogP contribution is 2.29. The second kappa shape index (κ2) is 4.91. The van der Waals surface area contributed by atoms with Gasteiger partial charge < -0.3 is 4.52 Å². The first-order chi connectivity index (χ1) is 9.60. The zero-order valence-corrected chi connectivity index (χ0v) is 11.6. The third-order valence-electron chi connectivity index (χ3n) is 3.19. The van der Waals surface area contributed by atoms with Crippen molar-refractivity contribution in [1.82, 2.24) is 24.4 Å². The molecule has 0 spiro atoms. The quantitative estimate of drug-likeness (QED) is 0.798. The Bertz CT molecular complexity index is 694. The molecule has 2 aromatic rings. The normalized spacial score (nSPS) is 17.1. The molecule has 106 valence electrons. The van der Waals surface area contributed by atoms with E-state index < -0.39 is 10.0 Å². The summed E-state index contributed by atoms with van der Waals surface area (Å²) in [6, 6.07) is 0. The smallest absolute Gasteiger partial charge is 0.232 e. The van der Waals surface area contributed by atoms with Gasteiger partial charge in [0, 0.05) is 25.5 Å². The van der Waals surface area contributed by atoms with Crippen molar-refractivity contribution in [1.29, 1.82) is 0 Å². The van der Waals surface area contributed by atoms with Gasteiger partial charge in [-0.2, -0.15) is 4.98 Å². The molecule has 8 nitrogen and oxygen atoms in total. The van der Waals surface area contributed by atoms with E-state index in [9.17, 15) is 8.42 Å². The molecule has 0 N–H and O–H groups in total. The number of hydrogen-bond donors (Lipinski definition) is 0. The minimum Gasteiger partial charge on any atom is -0.339 e. The zero-order chi connectivity index (χ0) is 14.2. The molecule has 0 bridgehead atoms. The van der Waals surface area contributed by atoms with Crippen LogP contribution >= 0.6 is 0 Å². The first-order valence-corrected chi connectivity index (χ1v) is 7.79. The standard InChI is InChI=1S/C11H13N5O3S/c1-2-20(17,18)16-6-8(7-16)11-14-10(15-19-11)9-5-12-3-4-13-9/h3-5,8H,2,6-7H2,1H3. The number of sulfonamides is 1. The Kier molecular flexibility index (Phi) is 3.22. The maximum absolute atomic E-state index is 11.6. The summed E-state index contributed by atoms with van der Waals surface area (Å²) in [6.45, 7) is 2.40. The fraction of sp³-hybridized carbons (Fsp3) is 0.455. The van der Waals surface area contributed by atoms with Crippen LogP contribution in [0.2, 0.25) is 0 Å². The minimum absolute atomic E-state index is 0.0470. The highest BCUT2D eigenvalue weighted by atomic mass is 32.2. The van der Waals surface area contributed by atoms with Crippen LogP contribution in [0.3, 0.4) is 0 Å². The van der Waals surface area contributed by atoms with Crippen LogP contribution in [-0.4, -0.2) is 51.7 Å². The second-order valence-electron chi connectivity index (χ2n) is 4.46. The van der Waals surface area contributed by atoms with Gasteiger partial charge in [-0.15, -0.1) is 0 Å². The molecule has 2 aromatic heterocycles. The molecule has 1 saturated heterocycles. The Morgan fingerprint density at radius 1 is 1.40 bits per heavy atom. The van der Waals surface area contributed by atoms with Crippen LogP contribution in [0.15, 0.2) is 23.1 Å². The van der Waals surface area contributed by atoms with Crippen molar-refractivity contribution >= 4 is 10.0 Å². The SMILES string of the molecule is CCS(=O)(=O)N1CC(c2nc(-c3cnccn3)no2)C1. The van der Waals surface area contributed by atoms with Crippen molar-refractivity contribution in [3.8, 4) is 11.5 Å². The number of nitrogens with zero attached hydrogens (tertiary/aromatic N) is 5. The third kappa shape index (κ3) is 2.29. The van der Waals surface area contributed by atoms with Gasteiger partial charge in [-0.3, -0.25) is 4.98 Å².